The van der Waals surface area contributed by atoms with Crippen molar-refractivity contribution in [1.82, 2.24) is 52.6 Å². The highest BCUT2D eigenvalue weighted by molar-refractivity contribution is 5.98. The number of aliphatic hydroxyl groups excluding tert-OH is 1. The summed E-state index contributed by atoms with van der Waals surface area (Å²) in [7, 11) is 0. The maximum absolute atomic E-state index is 13.8. The lowest BCUT2D eigenvalue weighted by Gasteiger charge is -2.30. The van der Waals surface area contributed by atoms with Gasteiger partial charge >= 0.3 is 12.0 Å². The van der Waals surface area contributed by atoms with Crippen molar-refractivity contribution in [3.05, 3.63) is 71.8 Å². The number of rotatable bonds is 23. The molecule has 10 amide bonds. The minimum Gasteiger partial charge on any atom is -0.481 e. The second-order valence-electron chi connectivity index (χ2n) is 17.1. The number of primary amides is 1. The third-order valence-corrected chi connectivity index (χ3v) is 11.3. The molecule has 0 bridgehead atoms. The fraction of sp³-hybridized carbons (Fsp3) is 0.511. The molecule has 4 rings (SSSR count). The topological polar surface area (TPSA) is 340 Å². The average Bonchev–Trinajstić information content (AvgIpc) is 4.03. The van der Waals surface area contributed by atoms with Crippen LogP contribution in [0.5, 0.6) is 0 Å². The number of amides is 10. The minimum absolute atomic E-state index is 0.0162. The summed E-state index contributed by atoms with van der Waals surface area (Å²) in [5.74, 6) is -8.59. The van der Waals surface area contributed by atoms with Crippen molar-refractivity contribution in [2.24, 2.45) is 11.7 Å². The monoisotopic (exact) mass is 949 g/mol. The number of carbonyl (C=O) groups excluding carboxylic acids is 9. The predicted octanol–water partition coefficient (Wildman–Crippen LogP) is -2.69. The van der Waals surface area contributed by atoms with Crippen LogP contribution >= 0.6 is 0 Å². The molecule has 0 spiro atoms. The Kier molecular flexibility index (Phi) is 20.2. The van der Waals surface area contributed by atoms with Crippen molar-refractivity contribution in [3.8, 4) is 0 Å². The molecular formula is C45H63N11O12. The van der Waals surface area contributed by atoms with Crippen molar-refractivity contribution in [3.63, 3.8) is 0 Å². The largest absolute Gasteiger partial charge is 0.481 e. The van der Waals surface area contributed by atoms with Crippen LogP contribution in [0.15, 0.2) is 60.7 Å². The molecule has 12 N–H and O–H groups in total. The van der Waals surface area contributed by atoms with Crippen LogP contribution in [0.1, 0.15) is 64.5 Å². The maximum atomic E-state index is 13.8. The summed E-state index contributed by atoms with van der Waals surface area (Å²) in [5.41, 5.74) is 6.97. The van der Waals surface area contributed by atoms with Crippen LogP contribution in [-0.2, 0) is 56.0 Å². The first-order chi connectivity index (χ1) is 32.2. The number of carbonyl (C=O) groups is 10. The van der Waals surface area contributed by atoms with Crippen molar-refractivity contribution >= 4 is 59.3 Å². The Bertz CT molecular complexity index is 2120. The Labute approximate surface area is 393 Å². The van der Waals surface area contributed by atoms with E-state index in [4.69, 9.17) is 5.73 Å². The van der Waals surface area contributed by atoms with E-state index >= 15 is 0 Å². The highest BCUT2D eigenvalue weighted by atomic mass is 16.4. The van der Waals surface area contributed by atoms with Crippen LogP contribution in [0.2, 0.25) is 0 Å². The van der Waals surface area contributed by atoms with Gasteiger partial charge in [0, 0.05) is 25.9 Å². The van der Waals surface area contributed by atoms with Gasteiger partial charge < -0.3 is 58.5 Å². The lowest BCUT2D eigenvalue weighted by atomic mass is 10.0. The molecule has 23 heteroatoms. The molecule has 2 fully saturated rings. The summed E-state index contributed by atoms with van der Waals surface area (Å²) >= 11 is 0. The van der Waals surface area contributed by atoms with Crippen molar-refractivity contribution < 1.29 is 58.2 Å². The van der Waals surface area contributed by atoms with E-state index in [1.807, 2.05) is 0 Å². The van der Waals surface area contributed by atoms with Gasteiger partial charge in [-0.25, -0.2) is 14.8 Å². The fourth-order valence-electron chi connectivity index (χ4n) is 7.48. The van der Waals surface area contributed by atoms with Gasteiger partial charge in [0.2, 0.25) is 41.4 Å². The molecule has 0 unspecified atom stereocenters. The van der Waals surface area contributed by atoms with Crippen LogP contribution in [0, 0.1) is 5.92 Å². The number of nitrogens with one attached hydrogen (secondary N) is 8. The van der Waals surface area contributed by atoms with E-state index in [0.717, 1.165) is 22.0 Å². The van der Waals surface area contributed by atoms with Crippen molar-refractivity contribution in [2.75, 3.05) is 26.2 Å². The Morgan fingerprint density at radius 2 is 1.24 bits per heavy atom. The van der Waals surface area contributed by atoms with E-state index in [0.29, 0.717) is 24.9 Å². The second-order valence-corrected chi connectivity index (χ2v) is 17.1. The molecule has 2 aromatic rings. The Balaban J connectivity index is 1.38. The van der Waals surface area contributed by atoms with Crippen LogP contribution in [-0.4, -0.2) is 154 Å². The van der Waals surface area contributed by atoms with Gasteiger partial charge in [0.15, 0.2) is 0 Å². The fourth-order valence-corrected chi connectivity index (χ4v) is 7.48. The number of hydrogen-bond donors (Lipinski definition) is 11. The van der Waals surface area contributed by atoms with Gasteiger partial charge in [-0.05, 0) is 56.7 Å². The maximum Gasteiger partial charge on any atom is 0.336 e. The van der Waals surface area contributed by atoms with Crippen LogP contribution < -0.4 is 48.3 Å². The van der Waals surface area contributed by atoms with Crippen LogP contribution in [0.25, 0.3) is 0 Å². The van der Waals surface area contributed by atoms with E-state index in [2.05, 4.69) is 42.5 Å². The number of aliphatic carboxylic acids is 1. The molecule has 68 heavy (non-hydrogen) atoms. The van der Waals surface area contributed by atoms with Crippen molar-refractivity contribution in [1.29, 1.82) is 0 Å². The SMILES string of the molecule is CC(C)[C@H](NC(=O)[C@H](CC(=O)O)NC(=O)[C@@H](NC(=O)[C@@H]1CCCN1)[C@@H](C)O)C(=O)NCC(=O)N1CCCN1C(=O)N[C@@H](Cc1ccccc1)C(=O)N[C@@H](C)C(=O)N[C@@H](Cc1ccccc1)C(N)=O. The number of nitrogens with zero attached hydrogens (tertiary/aromatic N) is 2. The minimum atomic E-state index is -1.75. The Hall–Kier alpha value is -7.14. The zero-order valence-electron chi connectivity index (χ0n) is 38.5. The van der Waals surface area contributed by atoms with Gasteiger partial charge in [-0.15, -0.1) is 0 Å². The number of benzene rings is 2. The van der Waals surface area contributed by atoms with E-state index in [-0.39, 0.29) is 25.9 Å². The smallest absolute Gasteiger partial charge is 0.336 e. The molecule has 0 aromatic heterocycles. The standard InChI is InChI=1S/C45H63N11O12/c1-25(2)36(53-42(65)33(23-35(59)60)51-44(67)37(27(4)57)54-40(63)30-17-11-18-47-30)43(66)48-24-34(58)55-19-12-20-56(55)45(68)52-32(22-29-15-9-6-10-16-29)41(64)49-26(3)39(62)50-31(38(46)61)21-28-13-7-5-8-14-28/h5-10,13-16,25-27,30-33,36-37,47,57H,11-12,17-24H2,1-4H3,(H2,46,61)(H,48,66)(H,49,64)(H,50,62)(H,51,67)(H,52,68)(H,53,65)(H,54,63)(H,59,60)/t26-,27+,30-,31-,32-,33-,36-,37-/m0/s1. The molecule has 0 aliphatic carbocycles. The van der Waals surface area contributed by atoms with Gasteiger partial charge in [0.1, 0.15) is 36.3 Å². The van der Waals surface area contributed by atoms with Crippen molar-refractivity contribution in [2.45, 2.75) is 115 Å². The summed E-state index contributed by atoms with van der Waals surface area (Å²) < 4.78 is 0. The number of carboxylic acid groups (broad SMARTS) is 1. The molecule has 370 valence electrons. The quantitative estimate of drug-likeness (QED) is 0.0542. The molecule has 2 aromatic carbocycles. The average molecular weight is 950 g/mol. The molecule has 2 heterocycles. The first-order valence-electron chi connectivity index (χ1n) is 22.4. The normalized spacial score (nSPS) is 17.5. The van der Waals surface area contributed by atoms with E-state index in [1.165, 1.54) is 13.8 Å². The van der Waals surface area contributed by atoms with E-state index in [1.54, 1.807) is 74.5 Å². The van der Waals surface area contributed by atoms with Gasteiger partial charge in [-0.3, -0.25) is 43.2 Å². The number of nitrogens with two attached hydrogens (primary N) is 1. The predicted molar refractivity (Wildman–Crippen MR) is 243 cm³/mol. The molecule has 2 aliphatic rings. The third kappa shape index (κ3) is 16.0. The number of urea groups is 1. The number of aliphatic hydroxyl groups is 1. The van der Waals surface area contributed by atoms with Crippen LogP contribution in [0.3, 0.4) is 0 Å². The van der Waals surface area contributed by atoms with Gasteiger partial charge in [0.25, 0.3) is 5.91 Å². The zero-order valence-corrected chi connectivity index (χ0v) is 38.5. The summed E-state index contributed by atoms with van der Waals surface area (Å²) in [5, 5.41) is 42.3. The van der Waals surface area contributed by atoms with Crippen LogP contribution in [0.4, 0.5) is 4.79 Å². The first kappa shape index (κ1) is 53.5. The summed E-state index contributed by atoms with van der Waals surface area (Å²) in [6.07, 6.45) is -0.699. The second kappa shape index (κ2) is 25.7. The highest BCUT2D eigenvalue weighted by Crippen LogP contribution is 2.14. The molecular weight excluding hydrogens is 887 g/mol. The van der Waals surface area contributed by atoms with Gasteiger partial charge in [-0.1, -0.05) is 74.5 Å². The van der Waals surface area contributed by atoms with E-state index in [9.17, 15) is 58.2 Å². The molecule has 0 saturated carbocycles. The molecule has 23 nitrogen and oxygen atoms in total. The lowest BCUT2D eigenvalue weighted by Crippen LogP contribution is -2.61. The number of carboxylic acids is 1. The van der Waals surface area contributed by atoms with E-state index < -0.39 is 127 Å². The Morgan fingerprint density at radius 3 is 1.78 bits per heavy atom. The molecule has 2 aliphatic heterocycles. The zero-order chi connectivity index (χ0) is 50.1. The van der Waals surface area contributed by atoms with Gasteiger partial charge in [0.05, 0.1) is 25.1 Å². The van der Waals surface area contributed by atoms with Gasteiger partial charge in [-0.2, -0.15) is 0 Å². The first-order valence-corrected chi connectivity index (χ1v) is 22.4. The summed E-state index contributed by atoms with van der Waals surface area (Å²) in [6, 6.07) is 8.00. The molecule has 0 radical (unpaired) electrons. The number of hydrazine groups is 1. The summed E-state index contributed by atoms with van der Waals surface area (Å²) in [4.78, 5) is 131. The summed E-state index contributed by atoms with van der Waals surface area (Å²) in [6.45, 7) is 5.82. The lowest BCUT2D eigenvalue weighted by molar-refractivity contribution is -0.143. The number of hydrogen-bond acceptors (Lipinski definition) is 12. The Morgan fingerprint density at radius 1 is 0.662 bits per heavy atom. The molecule has 8 atom stereocenters. The third-order valence-electron chi connectivity index (χ3n) is 11.3. The molecule has 2 saturated heterocycles. The highest BCUT2D eigenvalue weighted by Gasteiger charge is 2.37.